The number of benzene rings is 2. The van der Waals surface area contributed by atoms with E-state index in [1.165, 1.54) is 4.57 Å². The van der Waals surface area contributed by atoms with Crippen LogP contribution in [0, 0.1) is 4.77 Å². The Hall–Kier alpha value is -3.99. The molecule has 1 atom stereocenters. The number of nitrogens with one attached hydrogen (secondary N) is 1. The topological polar surface area (TPSA) is 106 Å². The number of amides is 1. The molecule has 0 bridgehead atoms. The molecule has 11 heteroatoms. The first-order valence-electron chi connectivity index (χ1n) is 12.4. The maximum absolute atomic E-state index is 13.2. The van der Waals surface area contributed by atoms with Crippen molar-refractivity contribution in [3.63, 3.8) is 0 Å². The Kier molecular flexibility index (Phi) is 7.02. The molecule has 3 heterocycles. The summed E-state index contributed by atoms with van der Waals surface area (Å²) in [6.07, 6.45) is 0.580. The molecule has 1 amide bonds. The van der Waals surface area contributed by atoms with Crippen LogP contribution in [0.2, 0.25) is 0 Å². The zero-order valence-electron chi connectivity index (χ0n) is 21.5. The maximum atomic E-state index is 13.2. The lowest BCUT2D eigenvalue weighted by Gasteiger charge is -2.36. The summed E-state index contributed by atoms with van der Waals surface area (Å²) in [6, 6.07) is 10.5. The second-order valence-corrected chi connectivity index (χ2v) is 9.71. The van der Waals surface area contributed by atoms with Crippen LogP contribution < -0.4 is 19.7 Å². The second kappa shape index (κ2) is 10.4. The monoisotopic (exact) mass is 535 g/mol. The van der Waals surface area contributed by atoms with Crippen molar-refractivity contribution in [2.24, 2.45) is 0 Å². The van der Waals surface area contributed by atoms with Gasteiger partial charge in [0.15, 0.2) is 17.3 Å². The lowest BCUT2D eigenvalue weighted by Crippen LogP contribution is -2.49. The third-order valence-electron chi connectivity index (χ3n) is 7.14. The minimum atomic E-state index is -0.581. The number of piperazine rings is 1. The van der Waals surface area contributed by atoms with Gasteiger partial charge in [0, 0.05) is 55.3 Å². The molecule has 3 aromatic rings. The third kappa shape index (κ3) is 4.69. The second-order valence-electron chi connectivity index (χ2n) is 9.35. The molecule has 0 saturated carbocycles. The van der Waals surface area contributed by atoms with Gasteiger partial charge in [-0.05, 0) is 55.9 Å². The average Bonchev–Trinajstić information content (AvgIpc) is 3.27. The fourth-order valence-electron chi connectivity index (χ4n) is 4.99. The number of hydrogen-bond acceptors (Lipinski definition) is 9. The zero-order valence-corrected chi connectivity index (χ0v) is 22.3. The van der Waals surface area contributed by atoms with Gasteiger partial charge < -0.3 is 24.6 Å². The highest BCUT2D eigenvalue weighted by Gasteiger charge is 2.33. The summed E-state index contributed by atoms with van der Waals surface area (Å²) < 4.78 is 12.3. The number of anilines is 2. The smallest absolute Gasteiger partial charge is 0.257 e. The SMILES string of the molecule is COc1cc2nc(=S)n3c(c2cc1OC)NC(CCC(=O)N1CCN(c2ccc(C(C)=O)cc2)CC1)C3=O. The largest absolute Gasteiger partial charge is 0.493 e. The summed E-state index contributed by atoms with van der Waals surface area (Å²) in [4.78, 5) is 46.1. The normalized spacial score (nSPS) is 16.8. The van der Waals surface area contributed by atoms with Crippen LogP contribution in [-0.4, -0.2) is 78.5 Å². The molecular formula is C27H29N5O5S. The molecule has 1 unspecified atom stereocenters. The Bertz CT molecular complexity index is 1480. The van der Waals surface area contributed by atoms with Crippen LogP contribution in [0.25, 0.3) is 10.9 Å². The molecule has 1 saturated heterocycles. The Morgan fingerprint density at radius 2 is 1.71 bits per heavy atom. The van der Waals surface area contributed by atoms with Crippen molar-refractivity contribution >= 4 is 52.2 Å². The summed E-state index contributed by atoms with van der Waals surface area (Å²) in [7, 11) is 3.09. The van der Waals surface area contributed by atoms with Gasteiger partial charge in [-0.3, -0.25) is 14.4 Å². The van der Waals surface area contributed by atoms with Crippen LogP contribution in [0.4, 0.5) is 11.5 Å². The van der Waals surface area contributed by atoms with Crippen molar-refractivity contribution in [2.45, 2.75) is 25.8 Å². The van der Waals surface area contributed by atoms with Crippen molar-refractivity contribution in [1.29, 1.82) is 0 Å². The van der Waals surface area contributed by atoms with Gasteiger partial charge in [0.1, 0.15) is 11.9 Å². The standard InChI is InChI=1S/C27H29N5O5S/c1-16(33)17-4-6-18(7-5-17)30-10-12-31(13-11-30)24(34)9-8-20-26(35)32-25(28-20)19-14-22(36-2)23(37-3)15-21(19)29-27(32)38/h4-7,14-15,20,28H,8-13H2,1-3H3. The van der Waals surface area contributed by atoms with Crippen molar-refractivity contribution in [2.75, 3.05) is 50.6 Å². The van der Waals surface area contributed by atoms with Gasteiger partial charge >= 0.3 is 0 Å². The molecule has 5 rings (SSSR count). The van der Waals surface area contributed by atoms with E-state index in [4.69, 9.17) is 21.7 Å². The molecule has 1 fully saturated rings. The number of nitrogens with zero attached hydrogens (tertiary/aromatic N) is 4. The lowest BCUT2D eigenvalue weighted by molar-refractivity contribution is -0.131. The molecule has 0 radical (unpaired) electrons. The van der Waals surface area contributed by atoms with E-state index >= 15 is 0 Å². The molecule has 2 aliphatic rings. The first-order valence-corrected chi connectivity index (χ1v) is 12.8. The van der Waals surface area contributed by atoms with Crippen molar-refractivity contribution < 1.29 is 23.9 Å². The van der Waals surface area contributed by atoms with E-state index in [9.17, 15) is 14.4 Å². The molecule has 1 aromatic heterocycles. The molecule has 198 valence electrons. The number of carbonyl (C=O) groups excluding carboxylic acids is 3. The van der Waals surface area contributed by atoms with Crippen LogP contribution in [0.1, 0.15) is 34.9 Å². The van der Waals surface area contributed by atoms with E-state index in [0.717, 1.165) is 5.69 Å². The summed E-state index contributed by atoms with van der Waals surface area (Å²) in [5.41, 5.74) is 2.31. The highest BCUT2D eigenvalue weighted by Crippen LogP contribution is 2.37. The molecule has 2 aromatic carbocycles. The fraction of sp³-hybridized carbons (Fsp3) is 0.370. The van der Waals surface area contributed by atoms with Gasteiger partial charge in [-0.15, -0.1) is 0 Å². The number of aromatic nitrogens is 2. The zero-order chi connectivity index (χ0) is 27.0. The van der Waals surface area contributed by atoms with Gasteiger partial charge in [0.05, 0.1) is 19.7 Å². The molecule has 0 aliphatic carbocycles. The number of ketones is 1. The molecule has 10 nitrogen and oxygen atoms in total. The number of methoxy groups -OCH3 is 2. The predicted molar refractivity (Wildman–Crippen MR) is 146 cm³/mol. The van der Waals surface area contributed by atoms with Gasteiger partial charge in [-0.2, -0.15) is 0 Å². The van der Waals surface area contributed by atoms with Crippen molar-refractivity contribution in [3.05, 3.63) is 46.7 Å². The Labute approximate surface area is 225 Å². The van der Waals surface area contributed by atoms with E-state index < -0.39 is 6.04 Å². The third-order valence-corrected chi connectivity index (χ3v) is 7.41. The highest BCUT2D eigenvalue weighted by atomic mass is 32.1. The molecule has 38 heavy (non-hydrogen) atoms. The van der Waals surface area contributed by atoms with Crippen LogP contribution in [-0.2, 0) is 4.79 Å². The number of Topliss-reactive ketones (excluding diaryl/α,β-unsaturated/α-hetero) is 1. The average molecular weight is 536 g/mol. The van der Waals surface area contributed by atoms with E-state index in [2.05, 4.69) is 15.2 Å². The maximum Gasteiger partial charge on any atom is 0.257 e. The fourth-order valence-corrected chi connectivity index (χ4v) is 5.27. The summed E-state index contributed by atoms with van der Waals surface area (Å²) in [6.45, 7) is 4.15. The van der Waals surface area contributed by atoms with Crippen LogP contribution >= 0.6 is 12.2 Å². The van der Waals surface area contributed by atoms with E-state index in [-0.39, 0.29) is 28.8 Å². The molecule has 1 N–H and O–H groups in total. The van der Waals surface area contributed by atoms with E-state index in [0.29, 0.717) is 66.4 Å². The quantitative estimate of drug-likeness (QED) is 0.359. The van der Waals surface area contributed by atoms with Gasteiger partial charge in [-0.1, -0.05) is 0 Å². The Morgan fingerprint density at radius 3 is 2.34 bits per heavy atom. The predicted octanol–water partition coefficient (Wildman–Crippen LogP) is 3.55. The van der Waals surface area contributed by atoms with Crippen LogP contribution in [0.3, 0.4) is 0 Å². The van der Waals surface area contributed by atoms with Gasteiger partial charge in [-0.25, -0.2) is 9.55 Å². The summed E-state index contributed by atoms with van der Waals surface area (Å²) in [5.74, 6) is 1.42. The van der Waals surface area contributed by atoms with E-state index in [1.807, 2.05) is 29.2 Å². The Morgan fingerprint density at radius 1 is 1.05 bits per heavy atom. The molecule has 0 spiro atoms. The van der Waals surface area contributed by atoms with Gasteiger partial charge in [0.25, 0.3) is 5.91 Å². The molecular weight excluding hydrogens is 506 g/mol. The first kappa shape index (κ1) is 25.7. The number of hydrogen-bond donors (Lipinski definition) is 1. The number of fused-ring (bicyclic) bond motifs is 3. The minimum Gasteiger partial charge on any atom is -0.493 e. The molecule has 2 aliphatic heterocycles. The van der Waals surface area contributed by atoms with Gasteiger partial charge in [0.2, 0.25) is 10.7 Å². The minimum absolute atomic E-state index is 0.0140. The number of carbonyl (C=O) groups is 3. The van der Waals surface area contributed by atoms with E-state index in [1.54, 1.807) is 33.3 Å². The lowest BCUT2D eigenvalue weighted by atomic mass is 10.1. The summed E-state index contributed by atoms with van der Waals surface area (Å²) in [5, 5.41) is 3.95. The summed E-state index contributed by atoms with van der Waals surface area (Å²) >= 11 is 5.41. The number of ether oxygens (including phenoxy) is 2. The van der Waals surface area contributed by atoms with Crippen LogP contribution in [0.15, 0.2) is 36.4 Å². The van der Waals surface area contributed by atoms with Crippen molar-refractivity contribution in [1.82, 2.24) is 14.5 Å². The highest BCUT2D eigenvalue weighted by molar-refractivity contribution is 7.71. The van der Waals surface area contributed by atoms with Crippen molar-refractivity contribution in [3.8, 4) is 11.5 Å². The van der Waals surface area contributed by atoms with Crippen LogP contribution in [0.5, 0.6) is 11.5 Å². The Balaban J connectivity index is 1.22. The first-order chi connectivity index (χ1) is 18.3. The number of rotatable bonds is 7.